The fourth-order valence-electron chi connectivity index (χ4n) is 1.51. The molecule has 0 amide bonds. The zero-order chi connectivity index (χ0) is 14.0. The molecule has 0 unspecified atom stereocenters. The summed E-state index contributed by atoms with van der Waals surface area (Å²) in [5, 5.41) is 16.6. The maximum absolute atomic E-state index is 14.0. The number of hydrogen-bond donors (Lipinski definition) is 1. The number of hydrogen-bond acceptors (Lipinski definition) is 4. The molecule has 1 aromatic heterocycles. The van der Waals surface area contributed by atoms with Crippen LogP contribution in [0.3, 0.4) is 0 Å². The van der Waals surface area contributed by atoms with E-state index >= 15 is 0 Å². The second kappa shape index (κ2) is 5.58. The Hall–Kier alpha value is -1.60. The molecule has 1 N–H and O–H groups in total. The Morgan fingerprint density at radius 3 is 2.95 bits per heavy atom. The van der Waals surface area contributed by atoms with Gasteiger partial charge in [-0.2, -0.15) is 0 Å². The van der Waals surface area contributed by atoms with Gasteiger partial charge in [-0.1, -0.05) is 29.4 Å². The molecule has 0 saturated heterocycles. The first-order valence-corrected chi connectivity index (χ1v) is 6.58. The third kappa shape index (κ3) is 2.87. The van der Waals surface area contributed by atoms with Gasteiger partial charge in [-0.3, -0.25) is 9.36 Å². The summed E-state index contributed by atoms with van der Waals surface area (Å²) in [6.07, 6.45) is 0. The topological polar surface area (TPSA) is 68.0 Å². The largest absolute Gasteiger partial charge is 0.481 e. The highest BCUT2D eigenvalue weighted by Gasteiger charge is 2.17. The minimum atomic E-state index is -0.983. The van der Waals surface area contributed by atoms with Gasteiger partial charge in [0, 0.05) is 0 Å². The second-order valence-electron chi connectivity index (χ2n) is 3.62. The Balaban J connectivity index is 2.46. The van der Waals surface area contributed by atoms with E-state index in [9.17, 15) is 9.18 Å². The highest BCUT2D eigenvalue weighted by atomic mass is 35.5. The van der Waals surface area contributed by atoms with E-state index in [4.69, 9.17) is 16.7 Å². The van der Waals surface area contributed by atoms with Gasteiger partial charge in [0.25, 0.3) is 0 Å². The van der Waals surface area contributed by atoms with E-state index in [1.54, 1.807) is 13.0 Å². The summed E-state index contributed by atoms with van der Waals surface area (Å²) >= 11 is 6.70. The molecule has 8 heteroatoms. The zero-order valence-electron chi connectivity index (χ0n) is 9.80. The lowest BCUT2D eigenvalue weighted by Gasteiger charge is -2.09. The highest BCUT2D eigenvalue weighted by Crippen LogP contribution is 2.26. The summed E-state index contributed by atoms with van der Waals surface area (Å²) in [5.41, 5.74) is 0.197. The molecule has 0 saturated carbocycles. The Morgan fingerprint density at radius 1 is 1.53 bits per heavy atom. The fourth-order valence-corrected chi connectivity index (χ4v) is 2.39. The lowest BCUT2D eigenvalue weighted by atomic mass is 10.3. The van der Waals surface area contributed by atoms with Crippen molar-refractivity contribution in [2.24, 2.45) is 0 Å². The number of thioether (sulfide) groups is 1. The van der Waals surface area contributed by atoms with Crippen LogP contribution in [0.5, 0.6) is 0 Å². The molecule has 2 aromatic rings. The monoisotopic (exact) mass is 301 g/mol. The lowest BCUT2D eigenvalue weighted by Crippen LogP contribution is -2.05. The molecule has 0 spiro atoms. The zero-order valence-corrected chi connectivity index (χ0v) is 11.4. The summed E-state index contributed by atoms with van der Waals surface area (Å²) in [4.78, 5) is 10.6. The summed E-state index contributed by atoms with van der Waals surface area (Å²) < 4.78 is 15.4. The molecule has 0 bridgehead atoms. The predicted molar refractivity (Wildman–Crippen MR) is 69.4 cm³/mol. The molecule has 19 heavy (non-hydrogen) atoms. The molecule has 0 atom stereocenters. The fraction of sp³-hybridized carbons (Fsp3) is 0.182. The number of aromatic nitrogens is 3. The third-order valence-electron chi connectivity index (χ3n) is 2.29. The maximum Gasteiger partial charge on any atom is 0.313 e. The van der Waals surface area contributed by atoms with Crippen molar-refractivity contribution in [1.82, 2.24) is 14.8 Å². The van der Waals surface area contributed by atoms with Gasteiger partial charge in [-0.15, -0.1) is 10.2 Å². The van der Waals surface area contributed by atoms with Crippen LogP contribution in [-0.2, 0) is 4.79 Å². The number of carbonyl (C=O) groups is 1. The highest BCUT2D eigenvalue weighted by molar-refractivity contribution is 7.99. The van der Waals surface area contributed by atoms with Crippen molar-refractivity contribution in [3.8, 4) is 5.69 Å². The Labute approximate surface area is 117 Å². The van der Waals surface area contributed by atoms with E-state index in [1.807, 2.05) is 0 Å². The smallest absolute Gasteiger partial charge is 0.313 e. The van der Waals surface area contributed by atoms with Crippen molar-refractivity contribution in [3.63, 3.8) is 0 Å². The van der Waals surface area contributed by atoms with Gasteiger partial charge in [0.1, 0.15) is 5.82 Å². The standard InChI is InChI=1S/C11H9ClFN3O2S/c1-6-14-15-11(19-5-9(17)18)16(6)8-4-2-3-7(12)10(8)13/h2-4H,5H2,1H3,(H,17,18). The van der Waals surface area contributed by atoms with Crippen molar-refractivity contribution >= 4 is 29.3 Å². The molecule has 5 nitrogen and oxygen atoms in total. The first kappa shape index (κ1) is 13.8. The average molecular weight is 302 g/mol. The van der Waals surface area contributed by atoms with Gasteiger partial charge in [0.2, 0.25) is 0 Å². The van der Waals surface area contributed by atoms with Gasteiger partial charge in [-0.25, -0.2) is 4.39 Å². The van der Waals surface area contributed by atoms with E-state index in [-0.39, 0.29) is 16.5 Å². The summed E-state index contributed by atoms with van der Waals surface area (Å²) in [6.45, 7) is 1.65. The predicted octanol–water partition coefficient (Wildman–Crippen LogP) is 2.54. The number of carboxylic acids is 1. The number of rotatable bonds is 4. The van der Waals surface area contributed by atoms with E-state index in [1.165, 1.54) is 16.7 Å². The van der Waals surface area contributed by atoms with Crippen molar-refractivity contribution in [3.05, 3.63) is 34.9 Å². The molecular weight excluding hydrogens is 293 g/mol. The summed E-state index contributed by atoms with van der Waals surface area (Å²) in [7, 11) is 0. The van der Waals surface area contributed by atoms with Crippen LogP contribution in [0.25, 0.3) is 5.69 Å². The van der Waals surface area contributed by atoms with Crippen LogP contribution in [0.15, 0.2) is 23.4 Å². The van der Waals surface area contributed by atoms with E-state index < -0.39 is 11.8 Å². The lowest BCUT2D eigenvalue weighted by molar-refractivity contribution is -0.133. The normalized spacial score (nSPS) is 10.7. The van der Waals surface area contributed by atoms with E-state index in [0.29, 0.717) is 11.0 Å². The van der Waals surface area contributed by atoms with Gasteiger partial charge in [0.15, 0.2) is 11.0 Å². The number of aryl methyl sites for hydroxylation is 1. The molecule has 0 radical (unpaired) electrons. The van der Waals surface area contributed by atoms with Gasteiger partial charge in [0.05, 0.1) is 16.5 Å². The molecule has 0 fully saturated rings. The first-order chi connectivity index (χ1) is 9.00. The number of aliphatic carboxylic acids is 1. The Morgan fingerprint density at radius 2 is 2.26 bits per heavy atom. The third-order valence-corrected chi connectivity index (χ3v) is 3.50. The van der Waals surface area contributed by atoms with Crippen molar-refractivity contribution in [2.45, 2.75) is 12.1 Å². The molecule has 0 aliphatic carbocycles. The van der Waals surface area contributed by atoms with Crippen LogP contribution in [0.2, 0.25) is 5.02 Å². The van der Waals surface area contributed by atoms with Crippen LogP contribution < -0.4 is 0 Å². The maximum atomic E-state index is 14.0. The van der Waals surface area contributed by atoms with Gasteiger partial charge < -0.3 is 5.11 Å². The van der Waals surface area contributed by atoms with E-state index in [2.05, 4.69) is 10.2 Å². The average Bonchev–Trinajstić information content (AvgIpc) is 2.72. The van der Waals surface area contributed by atoms with Crippen LogP contribution in [0.4, 0.5) is 4.39 Å². The summed E-state index contributed by atoms with van der Waals surface area (Å²) in [6, 6.07) is 4.57. The summed E-state index contributed by atoms with van der Waals surface area (Å²) in [5.74, 6) is -1.30. The molecule has 1 aromatic carbocycles. The van der Waals surface area contributed by atoms with Crippen LogP contribution >= 0.6 is 23.4 Å². The van der Waals surface area contributed by atoms with Crippen LogP contribution in [0, 0.1) is 12.7 Å². The molecular formula is C11H9ClFN3O2S. The minimum absolute atomic E-state index is 0.0141. The molecule has 0 aliphatic rings. The van der Waals surface area contributed by atoms with Crippen molar-refractivity contribution in [1.29, 1.82) is 0 Å². The van der Waals surface area contributed by atoms with E-state index in [0.717, 1.165) is 11.8 Å². The molecule has 0 aliphatic heterocycles. The molecule has 100 valence electrons. The van der Waals surface area contributed by atoms with Crippen molar-refractivity contribution in [2.75, 3.05) is 5.75 Å². The quantitative estimate of drug-likeness (QED) is 0.879. The van der Waals surface area contributed by atoms with Gasteiger partial charge >= 0.3 is 5.97 Å². The first-order valence-electron chi connectivity index (χ1n) is 5.21. The Bertz CT molecular complexity index is 632. The number of halogens is 2. The number of carboxylic acid groups (broad SMARTS) is 1. The van der Waals surface area contributed by atoms with Crippen LogP contribution in [0.1, 0.15) is 5.82 Å². The Kier molecular flexibility index (Phi) is 4.06. The molecule has 1 heterocycles. The SMILES string of the molecule is Cc1nnc(SCC(=O)O)n1-c1cccc(Cl)c1F. The second-order valence-corrected chi connectivity index (χ2v) is 4.97. The van der Waals surface area contributed by atoms with Crippen LogP contribution in [-0.4, -0.2) is 31.6 Å². The number of benzene rings is 1. The minimum Gasteiger partial charge on any atom is -0.481 e. The van der Waals surface area contributed by atoms with Crippen molar-refractivity contribution < 1.29 is 14.3 Å². The number of nitrogens with zero attached hydrogens (tertiary/aromatic N) is 3. The van der Waals surface area contributed by atoms with Gasteiger partial charge in [-0.05, 0) is 19.1 Å². The molecule has 2 rings (SSSR count).